The van der Waals surface area contributed by atoms with E-state index in [0.717, 1.165) is 26.9 Å². The monoisotopic (exact) mass is 446 g/mol. The zero-order valence-corrected chi connectivity index (χ0v) is 19.0. The zero-order valence-electron chi connectivity index (χ0n) is 18.2. The molecule has 3 aromatic heterocycles. The van der Waals surface area contributed by atoms with Gasteiger partial charge in [0.15, 0.2) is 17.1 Å². The number of carbonyl (C=O) groups excluding carboxylic acids is 1. The Labute approximate surface area is 188 Å². The molecule has 7 nitrogen and oxygen atoms in total. The van der Waals surface area contributed by atoms with Crippen molar-refractivity contribution in [1.82, 2.24) is 14.8 Å². The molecule has 32 heavy (non-hydrogen) atoms. The largest absolute Gasteiger partial charge is 0.490 e. The second-order valence-corrected chi connectivity index (χ2v) is 8.69. The Morgan fingerprint density at radius 1 is 1.19 bits per heavy atom. The molecule has 0 saturated carbocycles. The molecule has 0 spiro atoms. The predicted octanol–water partition coefficient (Wildman–Crippen LogP) is 5.80. The highest BCUT2D eigenvalue weighted by atomic mass is 32.1. The van der Waals surface area contributed by atoms with E-state index in [9.17, 15) is 4.79 Å². The topological polar surface area (TPSA) is 82.2 Å². The van der Waals surface area contributed by atoms with E-state index in [1.165, 1.54) is 16.9 Å². The van der Waals surface area contributed by atoms with Crippen molar-refractivity contribution in [2.75, 3.05) is 11.9 Å². The van der Waals surface area contributed by atoms with E-state index in [0.29, 0.717) is 28.9 Å². The quantitative estimate of drug-likeness (QED) is 0.369. The van der Waals surface area contributed by atoms with Crippen molar-refractivity contribution in [2.45, 2.75) is 27.7 Å². The molecule has 1 amide bonds. The molecule has 0 bridgehead atoms. The van der Waals surface area contributed by atoms with E-state index < -0.39 is 0 Å². The first-order valence-electron chi connectivity index (χ1n) is 10.3. The van der Waals surface area contributed by atoms with Crippen molar-refractivity contribution in [3.05, 3.63) is 65.0 Å². The maximum absolute atomic E-state index is 13.0. The van der Waals surface area contributed by atoms with Crippen molar-refractivity contribution in [3.63, 3.8) is 0 Å². The van der Waals surface area contributed by atoms with Crippen LogP contribution in [0.2, 0.25) is 0 Å². The van der Waals surface area contributed by atoms with Crippen LogP contribution in [-0.4, -0.2) is 27.3 Å². The molecule has 162 valence electrons. The Morgan fingerprint density at radius 3 is 2.84 bits per heavy atom. The molecule has 8 heteroatoms. The molecule has 0 aliphatic heterocycles. The number of hydrogen-bond donors (Lipinski definition) is 1. The molecule has 1 N–H and O–H groups in total. The summed E-state index contributed by atoms with van der Waals surface area (Å²) in [5.74, 6) is 0.989. The number of para-hydroxylation sites is 1. The lowest BCUT2D eigenvalue weighted by atomic mass is 10.1. The van der Waals surface area contributed by atoms with Gasteiger partial charge in [-0.3, -0.25) is 4.79 Å². The summed E-state index contributed by atoms with van der Waals surface area (Å²) >= 11 is 1.54. The highest BCUT2D eigenvalue weighted by Crippen LogP contribution is 2.31. The highest BCUT2D eigenvalue weighted by Gasteiger charge is 2.19. The van der Waals surface area contributed by atoms with Gasteiger partial charge in [-0.1, -0.05) is 29.5 Å². The number of ether oxygens (including phenoxy) is 1. The summed E-state index contributed by atoms with van der Waals surface area (Å²) in [6.07, 6.45) is 0. The molecule has 0 radical (unpaired) electrons. The fourth-order valence-electron chi connectivity index (χ4n) is 3.78. The second-order valence-electron chi connectivity index (χ2n) is 7.68. The third-order valence-electron chi connectivity index (χ3n) is 5.10. The van der Waals surface area contributed by atoms with Crippen LogP contribution < -0.4 is 10.1 Å². The normalized spacial score (nSPS) is 11.4. The van der Waals surface area contributed by atoms with Gasteiger partial charge in [0.1, 0.15) is 5.82 Å². The van der Waals surface area contributed by atoms with Crippen LogP contribution in [-0.2, 0) is 0 Å². The minimum atomic E-state index is -0.363. The van der Waals surface area contributed by atoms with Gasteiger partial charge in [0.05, 0.1) is 22.5 Å². The summed E-state index contributed by atoms with van der Waals surface area (Å²) in [5, 5.41) is 8.98. The number of aromatic nitrogens is 3. The van der Waals surface area contributed by atoms with Crippen molar-refractivity contribution in [1.29, 1.82) is 0 Å². The lowest BCUT2D eigenvalue weighted by molar-refractivity contribution is 0.0998. The number of thiazole rings is 1. The van der Waals surface area contributed by atoms with E-state index in [1.54, 1.807) is 10.7 Å². The summed E-state index contributed by atoms with van der Waals surface area (Å²) in [6, 6.07) is 13.3. The van der Waals surface area contributed by atoms with Crippen LogP contribution in [0, 0.1) is 20.8 Å². The van der Waals surface area contributed by atoms with Crippen LogP contribution >= 0.6 is 11.3 Å². The second kappa shape index (κ2) is 7.80. The Bertz CT molecular complexity index is 1480. The average Bonchev–Trinajstić information content (AvgIpc) is 3.45. The van der Waals surface area contributed by atoms with E-state index in [1.807, 2.05) is 45.0 Å². The van der Waals surface area contributed by atoms with Crippen molar-refractivity contribution >= 4 is 44.2 Å². The number of nitrogens with zero attached hydrogens (tertiary/aromatic N) is 3. The van der Waals surface area contributed by atoms with Crippen LogP contribution in [0.5, 0.6) is 5.75 Å². The van der Waals surface area contributed by atoms with Crippen LogP contribution in [0.1, 0.15) is 34.3 Å². The lowest BCUT2D eigenvalue weighted by Crippen LogP contribution is -2.14. The van der Waals surface area contributed by atoms with Gasteiger partial charge in [-0.25, -0.2) is 4.98 Å². The third-order valence-corrected chi connectivity index (χ3v) is 6.08. The Hall–Kier alpha value is -3.65. The number of fused-ring (bicyclic) bond motifs is 2. The number of nitrogens with one attached hydrogen (secondary N) is 1. The van der Waals surface area contributed by atoms with Crippen molar-refractivity contribution in [2.24, 2.45) is 0 Å². The SMILES string of the molecule is CCOc1cccc2cc(C(=O)Nc3cc(C)nn3-c3nc4c(C)cc(C)cc4s3)oc12. The van der Waals surface area contributed by atoms with Gasteiger partial charge in [-0.15, -0.1) is 0 Å². The van der Waals surface area contributed by atoms with Gasteiger partial charge in [-0.05, 0) is 57.0 Å². The van der Waals surface area contributed by atoms with Gasteiger partial charge in [0, 0.05) is 11.5 Å². The van der Waals surface area contributed by atoms with Crippen LogP contribution in [0.3, 0.4) is 0 Å². The molecule has 2 aromatic carbocycles. The summed E-state index contributed by atoms with van der Waals surface area (Å²) in [6.45, 7) is 8.42. The van der Waals surface area contributed by atoms with E-state index in [4.69, 9.17) is 14.1 Å². The fraction of sp³-hybridized carbons (Fsp3) is 0.208. The molecule has 0 aliphatic rings. The molecule has 5 aromatic rings. The summed E-state index contributed by atoms with van der Waals surface area (Å²) in [7, 11) is 0. The van der Waals surface area contributed by atoms with Gasteiger partial charge in [0.25, 0.3) is 5.91 Å². The van der Waals surface area contributed by atoms with Gasteiger partial charge >= 0.3 is 0 Å². The summed E-state index contributed by atoms with van der Waals surface area (Å²) in [4.78, 5) is 17.8. The Kier molecular flexibility index (Phi) is 4.94. The van der Waals surface area contributed by atoms with Crippen molar-refractivity contribution in [3.8, 4) is 10.9 Å². The molecule has 5 rings (SSSR count). The summed E-state index contributed by atoms with van der Waals surface area (Å²) in [5.41, 5.74) is 4.58. The maximum atomic E-state index is 13.0. The molecule has 0 atom stereocenters. The van der Waals surface area contributed by atoms with E-state index >= 15 is 0 Å². The molecular weight excluding hydrogens is 424 g/mol. The molecule has 0 fully saturated rings. The molecular formula is C24H22N4O3S. The number of anilines is 1. The van der Waals surface area contributed by atoms with Gasteiger partial charge in [0.2, 0.25) is 5.13 Å². The molecule has 0 aliphatic carbocycles. The number of hydrogen-bond acceptors (Lipinski definition) is 6. The number of rotatable bonds is 5. The third kappa shape index (κ3) is 3.52. The molecule has 3 heterocycles. The van der Waals surface area contributed by atoms with Gasteiger partial charge < -0.3 is 14.5 Å². The van der Waals surface area contributed by atoms with Gasteiger partial charge in [-0.2, -0.15) is 9.78 Å². The fourth-order valence-corrected chi connectivity index (χ4v) is 4.89. The molecule has 0 unspecified atom stereocenters. The Morgan fingerprint density at radius 2 is 2.03 bits per heavy atom. The predicted molar refractivity (Wildman–Crippen MR) is 126 cm³/mol. The lowest BCUT2D eigenvalue weighted by Gasteiger charge is -2.05. The standard InChI is InChI=1S/C24H22N4O3S/c1-5-30-17-8-6-7-16-12-18(31-22(16)17)23(29)25-20-11-15(4)27-28(20)24-26-21-14(3)9-13(2)10-19(21)32-24/h6-12H,5H2,1-4H3,(H,25,29). The Balaban J connectivity index is 1.50. The number of carbonyl (C=O) groups is 1. The first kappa shape index (κ1) is 20.3. The van der Waals surface area contributed by atoms with Crippen LogP contribution in [0.4, 0.5) is 5.82 Å². The van der Waals surface area contributed by atoms with Crippen molar-refractivity contribution < 1.29 is 13.9 Å². The summed E-state index contributed by atoms with van der Waals surface area (Å²) < 4.78 is 14.2. The first-order valence-corrected chi connectivity index (χ1v) is 11.2. The number of benzene rings is 2. The number of aryl methyl sites for hydroxylation is 3. The number of amides is 1. The smallest absolute Gasteiger partial charge is 0.292 e. The zero-order chi connectivity index (χ0) is 22.4. The number of furan rings is 1. The van der Waals surface area contributed by atoms with E-state index in [-0.39, 0.29) is 11.7 Å². The highest BCUT2D eigenvalue weighted by molar-refractivity contribution is 7.20. The molecule has 0 saturated heterocycles. The first-order chi connectivity index (χ1) is 15.4. The van der Waals surface area contributed by atoms with E-state index in [2.05, 4.69) is 29.5 Å². The minimum absolute atomic E-state index is 0.202. The minimum Gasteiger partial charge on any atom is -0.490 e. The van der Waals surface area contributed by atoms with Crippen LogP contribution in [0.15, 0.2) is 46.9 Å². The maximum Gasteiger partial charge on any atom is 0.292 e. The van der Waals surface area contributed by atoms with Crippen LogP contribution in [0.25, 0.3) is 26.3 Å². The average molecular weight is 447 g/mol.